The first kappa shape index (κ1) is 11.3. The van der Waals surface area contributed by atoms with E-state index in [9.17, 15) is 0 Å². The lowest BCUT2D eigenvalue weighted by molar-refractivity contribution is 0.624. The van der Waals surface area contributed by atoms with E-state index in [-0.39, 0.29) is 0 Å². The summed E-state index contributed by atoms with van der Waals surface area (Å²) >= 11 is 0. The van der Waals surface area contributed by atoms with E-state index in [1.165, 1.54) is 18.4 Å². The summed E-state index contributed by atoms with van der Waals surface area (Å²) in [5.74, 6) is 0. The van der Waals surface area contributed by atoms with Gasteiger partial charge in [0.1, 0.15) is 0 Å². The summed E-state index contributed by atoms with van der Waals surface area (Å²) in [6.45, 7) is 5.49. The second-order valence-electron chi connectivity index (χ2n) is 3.98. The van der Waals surface area contributed by atoms with Gasteiger partial charge in [-0.1, -0.05) is 20.3 Å². The second-order valence-corrected chi connectivity index (χ2v) is 3.98. The zero-order valence-electron chi connectivity index (χ0n) is 9.37. The van der Waals surface area contributed by atoms with Gasteiger partial charge in [0.05, 0.1) is 0 Å². The molecule has 1 atom stereocenters. The number of nitrogens with zero attached hydrogens (tertiary/aromatic N) is 1. The molecule has 0 radical (unpaired) electrons. The summed E-state index contributed by atoms with van der Waals surface area (Å²) in [4.78, 5) is 0. The molecule has 2 heteroatoms. The summed E-state index contributed by atoms with van der Waals surface area (Å²) in [6.07, 6.45) is 8.96. The molecular formula is C12H22N2. The Labute approximate surface area is 87.1 Å². The van der Waals surface area contributed by atoms with Gasteiger partial charge in [0, 0.05) is 25.0 Å². The highest BCUT2D eigenvalue weighted by Gasteiger charge is 2.02. The van der Waals surface area contributed by atoms with Crippen LogP contribution in [0.15, 0.2) is 18.5 Å². The minimum absolute atomic E-state index is 0.317. The first-order valence-electron chi connectivity index (χ1n) is 5.66. The van der Waals surface area contributed by atoms with Crippen molar-refractivity contribution in [2.45, 2.75) is 52.1 Å². The van der Waals surface area contributed by atoms with Crippen LogP contribution in [-0.2, 0) is 13.0 Å². The van der Waals surface area contributed by atoms with Crippen LogP contribution in [0.25, 0.3) is 0 Å². The molecule has 14 heavy (non-hydrogen) atoms. The highest BCUT2D eigenvalue weighted by molar-refractivity contribution is 5.11. The number of nitrogens with two attached hydrogens (primary N) is 1. The van der Waals surface area contributed by atoms with Gasteiger partial charge in [0.15, 0.2) is 0 Å². The van der Waals surface area contributed by atoms with E-state index in [4.69, 9.17) is 5.73 Å². The van der Waals surface area contributed by atoms with Gasteiger partial charge in [-0.2, -0.15) is 0 Å². The summed E-state index contributed by atoms with van der Waals surface area (Å²) in [7, 11) is 0. The third-order valence-electron chi connectivity index (χ3n) is 2.60. The van der Waals surface area contributed by atoms with Crippen molar-refractivity contribution in [2.75, 3.05) is 0 Å². The number of aryl methyl sites for hydroxylation is 1. The Balaban J connectivity index is 2.42. The van der Waals surface area contributed by atoms with Gasteiger partial charge in [0.2, 0.25) is 0 Å². The van der Waals surface area contributed by atoms with Crippen LogP contribution >= 0.6 is 0 Å². The lowest BCUT2D eigenvalue weighted by Gasteiger charge is -2.06. The number of unbranched alkanes of at least 4 members (excludes halogenated alkanes) is 1. The monoisotopic (exact) mass is 194 g/mol. The molecule has 0 aliphatic heterocycles. The molecule has 0 aromatic carbocycles. The van der Waals surface area contributed by atoms with Gasteiger partial charge < -0.3 is 10.3 Å². The number of hydrogen-bond donors (Lipinski definition) is 1. The largest absolute Gasteiger partial charge is 0.354 e. The molecule has 0 bridgehead atoms. The molecule has 1 aromatic rings. The minimum Gasteiger partial charge on any atom is -0.354 e. The molecule has 1 rings (SSSR count). The molecule has 0 amide bonds. The van der Waals surface area contributed by atoms with Gasteiger partial charge in [-0.3, -0.25) is 0 Å². The summed E-state index contributed by atoms with van der Waals surface area (Å²) in [5, 5.41) is 0. The molecule has 0 saturated carbocycles. The fourth-order valence-corrected chi connectivity index (χ4v) is 1.54. The smallest absolute Gasteiger partial charge is 0.0219 e. The summed E-state index contributed by atoms with van der Waals surface area (Å²) in [5.41, 5.74) is 7.28. The predicted molar refractivity (Wildman–Crippen MR) is 61.3 cm³/mol. The number of rotatable bonds is 6. The van der Waals surface area contributed by atoms with Crippen LogP contribution in [0.4, 0.5) is 0 Å². The average Bonchev–Trinajstić information content (AvgIpc) is 2.62. The van der Waals surface area contributed by atoms with E-state index in [0.29, 0.717) is 6.04 Å². The van der Waals surface area contributed by atoms with E-state index in [1.54, 1.807) is 0 Å². The maximum absolute atomic E-state index is 5.91. The molecule has 0 aliphatic carbocycles. The van der Waals surface area contributed by atoms with Crippen LogP contribution in [-0.4, -0.2) is 10.6 Å². The standard InChI is InChI=1S/C12H22N2/c1-3-5-7-14-8-6-11(10-14)9-12(13)4-2/h6,8,10,12H,3-5,7,9,13H2,1-2H3. The highest BCUT2D eigenvalue weighted by atomic mass is 14.9. The van der Waals surface area contributed by atoms with Crippen LogP contribution in [0.2, 0.25) is 0 Å². The molecule has 2 N–H and O–H groups in total. The topological polar surface area (TPSA) is 30.9 Å². The third kappa shape index (κ3) is 3.54. The molecule has 80 valence electrons. The normalized spacial score (nSPS) is 13.1. The highest BCUT2D eigenvalue weighted by Crippen LogP contribution is 2.06. The second kappa shape index (κ2) is 5.86. The predicted octanol–water partition coefficient (Wildman–Crippen LogP) is 2.57. The van der Waals surface area contributed by atoms with Gasteiger partial charge in [-0.25, -0.2) is 0 Å². The molecule has 2 nitrogen and oxygen atoms in total. The van der Waals surface area contributed by atoms with Crippen molar-refractivity contribution in [3.05, 3.63) is 24.0 Å². The van der Waals surface area contributed by atoms with Gasteiger partial charge in [-0.05, 0) is 30.9 Å². The molecule has 1 aromatic heterocycles. The van der Waals surface area contributed by atoms with Crippen LogP contribution in [0.5, 0.6) is 0 Å². The zero-order valence-corrected chi connectivity index (χ0v) is 9.37. The average molecular weight is 194 g/mol. The van der Waals surface area contributed by atoms with Crippen molar-refractivity contribution in [3.63, 3.8) is 0 Å². The van der Waals surface area contributed by atoms with Crippen LogP contribution < -0.4 is 5.73 Å². The number of aromatic nitrogens is 1. The van der Waals surface area contributed by atoms with Crippen molar-refractivity contribution in [2.24, 2.45) is 5.73 Å². The SMILES string of the molecule is CCCCn1ccc(CC(N)CC)c1. The Hall–Kier alpha value is -0.760. The van der Waals surface area contributed by atoms with Crippen molar-refractivity contribution in [1.29, 1.82) is 0 Å². The first-order chi connectivity index (χ1) is 6.76. The van der Waals surface area contributed by atoms with Crippen LogP contribution in [0.1, 0.15) is 38.7 Å². The Morgan fingerprint density at radius 3 is 2.86 bits per heavy atom. The lowest BCUT2D eigenvalue weighted by Crippen LogP contribution is -2.21. The van der Waals surface area contributed by atoms with E-state index in [1.807, 2.05) is 0 Å². The van der Waals surface area contributed by atoms with E-state index < -0.39 is 0 Å². The Morgan fingerprint density at radius 2 is 2.21 bits per heavy atom. The van der Waals surface area contributed by atoms with Crippen LogP contribution in [0, 0.1) is 0 Å². The molecule has 1 unspecified atom stereocenters. The molecule has 0 fully saturated rings. The van der Waals surface area contributed by atoms with E-state index in [0.717, 1.165) is 19.4 Å². The minimum atomic E-state index is 0.317. The maximum Gasteiger partial charge on any atom is 0.0219 e. The molecular weight excluding hydrogens is 172 g/mol. The van der Waals surface area contributed by atoms with Gasteiger partial charge in [0.25, 0.3) is 0 Å². The maximum atomic E-state index is 5.91. The fraction of sp³-hybridized carbons (Fsp3) is 0.667. The molecule has 0 spiro atoms. The third-order valence-corrected chi connectivity index (χ3v) is 2.60. The lowest BCUT2D eigenvalue weighted by atomic mass is 10.1. The Bertz CT molecular complexity index is 253. The Morgan fingerprint density at radius 1 is 1.43 bits per heavy atom. The summed E-state index contributed by atoms with van der Waals surface area (Å²) in [6, 6.07) is 2.50. The molecule has 1 heterocycles. The van der Waals surface area contributed by atoms with Gasteiger partial charge >= 0.3 is 0 Å². The van der Waals surface area contributed by atoms with Crippen molar-refractivity contribution >= 4 is 0 Å². The van der Waals surface area contributed by atoms with E-state index in [2.05, 4.69) is 36.9 Å². The molecule has 0 aliphatic rings. The fourth-order valence-electron chi connectivity index (χ4n) is 1.54. The quantitative estimate of drug-likeness (QED) is 0.741. The first-order valence-corrected chi connectivity index (χ1v) is 5.66. The van der Waals surface area contributed by atoms with Crippen molar-refractivity contribution in [3.8, 4) is 0 Å². The van der Waals surface area contributed by atoms with Crippen molar-refractivity contribution < 1.29 is 0 Å². The summed E-state index contributed by atoms with van der Waals surface area (Å²) < 4.78 is 2.27. The van der Waals surface area contributed by atoms with Crippen LogP contribution in [0.3, 0.4) is 0 Å². The zero-order chi connectivity index (χ0) is 10.4. The van der Waals surface area contributed by atoms with E-state index >= 15 is 0 Å². The van der Waals surface area contributed by atoms with Gasteiger partial charge in [-0.15, -0.1) is 0 Å². The molecule has 0 saturated heterocycles. The number of hydrogen-bond acceptors (Lipinski definition) is 1. The van der Waals surface area contributed by atoms with Crippen molar-refractivity contribution in [1.82, 2.24) is 4.57 Å². The Kier molecular flexibility index (Phi) is 4.74.